The molecular formula is C21H28N4O8. The molecule has 0 spiro atoms. The van der Waals surface area contributed by atoms with E-state index in [9.17, 15) is 29.1 Å². The molecule has 0 bridgehead atoms. The molecule has 0 saturated carbocycles. The second kappa shape index (κ2) is 12.4. The lowest BCUT2D eigenvalue weighted by Gasteiger charge is -2.24. The first-order valence-electron chi connectivity index (χ1n) is 10.5. The lowest BCUT2D eigenvalue weighted by atomic mass is 10.0. The molecular weight excluding hydrogens is 436 g/mol. The van der Waals surface area contributed by atoms with Gasteiger partial charge in [0.1, 0.15) is 24.4 Å². The molecule has 3 amide bonds. The molecule has 1 aliphatic rings. The number of hydrogen-bond acceptors (Lipinski definition) is 7. The topological polar surface area (TPSA) is 194 Å². The molecule has 180 valence electrons. The summed E-state index contributed by atoms with van der Waals surface area (Å²) < 4.78 is 0. The molecule has 7 N–H and O–H groups in total. The minimum atomic E-state index is -1.31. The Balaban J connectivity index is 2.15. The molecule has 2 rings (SSSR count). The molecule has 3 atom stereocenters. The molecule has 12 nitrogen and oxygen atoms in total. The maximum Gasteiger partial charge on any atom is 0.322 e. The number of rotatable bonds is 12. The van der Waals surface area contributed by atoms with Crippen molar-refractivity contribution in [1.82, 2.24) is 21.3 Å². The average molecular weight is 464 g/mol. The monoisotopic (exact) mass is 464 g/mol. The number of carbonyl (C=O) groups excluding carboxylic acids is 3. The number of benzene rings is 1. The number of phenolic OH excluding ortho intramolecular Hbond substituents is 1. The average Bonchev–Trinajstić information content (AvgIpc) is 3.30. The number of carboxylic acid groups (broad SMARTS) is 2. The van der Waals surface area contributed by atoms with Gasteiger partial charge in [0.2, 0.25) is 17.7 Å². The summed E-state index contributed by atoms with van der Waals surface area (Å²) in [7, 11) is 0. The maximum atomic E-state index is 13.0. The van der Waals surface area contributed by atoms with E-state index in [-0.39, 0.29) is 24.5 Å². The quantitative estimate of drug-likeness (QED) is 0.197. The van der Waals surface area contributed by atoms with Gasteiger partial charge in [-0.1, -0.05) is 12.1 Å². The Morgan fingerprint density at radius 2 is 1.67 bits per heavy atom. The van der Waals surface area contributed by atoms with Crippen molar-refractivity contribution < 1.29 is 39.3 Å². The zero-order valence-electron chi connectivity index (χ0n) is 17.9. The summed E-state index contributed by atoms with van der Waals surface area (Å²) in [4.78, 5) is 59.6. The summed E-state index contributed by atoms with van der Waals surface area (Å²) in [6.45, 7) is -0.0206. The highest BCUT2D eigenvalue weighted by Gasteiger charge is 2.30. The third-order valence-corrected chi connectivity index (χ3v) is 5.08. The molecule has 1 aromatic rings. The van der Waals surface area contributed by atoms with E-state index in [2.05, 4.69) is 21.3 Å². The first-order valence-corrected chi connectivity index (χ1v) is 10.5. The van der Waals surface area contributed by atoms with Crippen molar-refractivity contribution in [2.75, 3.05) is 13.1 Å². The van der Waals surface area contributed by atoms with Crippen molar-refractivity contribution in [3.8, 4) is 5.75 Å². The summed E-state index contributed by atoms with van der Waals surface area (Å²) >= 11 is 0. The Bertz CT molecular complexity index is 868. The summed E-state index contributed by atoms with van der Waals surface area (Å²) in [6.07, 6.45) is 0.766. The van der Waals surface area contributed by atoms with E-state index in [0.717, 1.165) is 6.42 Å². The van der Waals surface area contributed by atoms with Crippen LogP contribution >= 0.6 is 0 Å². The van der Waals surface area contributed by atoms with Crippen molar-refractivity contribution in [2.45, 2.75) is 50.2 Å². The number of phenols is 1. The number of carbonyl (C=O) groups is 5. The van der Waals surface area contributed by atoms with E-state index in [1.807, 2.05) is 0 Å². The zero-order chi connectivity index (χ0) is 24.4. The van der Waals surface area contributed by atoms with Crippen LogP contribution in [0.2, 0.25) is 0 Å². The Labute approximate surface area is 189 Å². The minimum absolute atomic E-state index is 0.0304. The minimum Gasteiger partial charge on any atom is -0.508 e. The maximum absolute atomic E-state index is 13.0. The number of aliphatic carboxylic acids is 2. The van der Waals surface area contributed by atoms with Crippen LogP contribution in [0.5, 0.6) is 5.75 Å². The predicted molar refractivity (Wildman–Crippen MR) is 114 cm³/mol. The highest BCUT2D eigenvalue weighted by Crippen LogP contribution is 2.13. The highest BCUT2D eigenvalue weighted by molar-refractivity contribution is 5.94. The molecule has 1 heterocycles. The number of hydrogen-bond donors (Lipinski definition) is 7. The fourth-order valence-corrected chi connectivity index (χ4v) is 3.35. The fourth-order valence-electron chi connectivity index (χ4n) is 3.35. The van der Waals surface area contributed by atoms with Gasteiger partial charge in [-0.2, -0.15) is 0 Å². The Hall–Kier alpha value is -3.67. The van der Waals surface area contributed by atoms with Crippen LogP contribution in [0.25, 0.3) is 0 Å². The zero-order valence-corrected chi connectivity index (χ0v) is 17.9. The first kappa shape index (κ1) is 25.6. The SMILES string of the molecule is O=C(O)CCC(NC(=O)C(Cc1ccc(O)cc1)NC(=O)C1CCCN1)C(=O)NCC(=O)O. The number of amides is 3. The van der Waals surface area contributed by atoms with Crippen LogP contribution in [0.1, 0.15) is 31.2 Å². The number of nitrogens with one attached hydrogen (secondary N) is 4. The summed E-state index contributed by atoms with van der Waals surface area (Å²) in [6, 6.07) is 3.16. The van der Waals surface area contributed by atoms with Crippen LogP contribution in [0.3, 0.4) is 0 Å². The van der Waals surface area contributed by atoms with Crippen molar-refractivity contribution in [2.24, 2.45) is 0 Å². The highest BCUT2D eigenvalue weighted by atomic mass is 16.4. The lowest BCUT2D eigenvalue weighted by Crippen LogP contribution is -2.56. The Morgan fingerprint density at radius 1 is 0.970 bits per heavy atom. The van der Waals surface area contributed by atoms with Gasteiger partial charge in [0, 0.05) is 12.8 Å². The van der Waals surface area contributed by atoms with Crippen molar-refractivity contribution in [1.29, 1.82) is 0 Å². The Kier molecular flexibility index (Phi) is 9.61. The van der Waals surface area contributed by atoms with Crippen molar-refractivity contribution in [3.63, 3.8) is 0 Å². The van der Waals surface area contributed by atoms with E-state index in [1.54, 1.807) is 12.1 Å². The smallest absolute Gasteiger partial charge is 0.322 e. The number of aromatic hydroxyl groups is 1. The van der Waals surface area contributed by atoms with Gasteiger partial charge in [-0.3, -0.25) is 24.0 Å². The summed E-state index contributed by atoms with van der Waals surface area (Å²) in [5.74, 6) is -4.42. The van der Waals surface area contributed by atoms with Gasteiger partial charge < -0.3 is 36.6 Å². The van der Waals surface area contributed by atoms with Gasteiger partial charge in [-0.15, -0.1) is 0 Å². The second-order valence-corrected chi connectivity index (χ2v) is 7.69. The molecule has 1 aliphatic heterocycles. The van der Waals surface area contributed by atoms with E-state index in [4.69, 9.17) is 10.2 Å². The third kappa shape index (κ3) is 8.77. The van der Waals surface area contributed by atoms with Gasteiger partial charge in [0.05, 0.1) is 6.04 Å². The Morgan fingerprint density at radius 3 is 2.24 bits per heavy atom. The number of carboxylic acids is 2. The predicted octanol–water partition coefficient (Wildman–Crippen LogP) is -1.28. The van der Waals surface area contributed by atoms with Crippen LogP contribution in [0, 0.1) is 0 Å². The molecule has 1 saturated heterocycles. The molecule has 0 aromatic heterocycles. The van der Waals surface area contributed by atoms with Gasteiger partial charge in [0.25, 0.3) is 0 Å². The molecule has 1 aromatic carbocycles. The van der Waals surface area contributed by atoms with Crippen molar-refractivity contribution >= 4 is 29.7 Å². The third-order valence-electron chi connectivity index (χ3n) is 5.08. The summed E-state index contributed by atoms with van der Waals surface area (Å²) in [5.41, 5.74) is 0.630. The van der Waals surface area contributed by atoms with Crippen LogP contribution in [-0.2, 0) is 30.4 Å². The van der Waals surface area contributed by atoms with Gasteiger partial charge in [0.15, 0.2) is 0 Å². The van der Waals surface area contributed by atoms with Crippen LogP contribution in [-0.4, -0.2) is 76.2 Å². The lowest BCUT2D eigenvalue weighted by molar-refractivity contribution is -0.140. The van der Waals surface area contributed by atoms with Gasteiger partial charge in [-0.05, 0) is 43.5 Å². The van der Waals surface area contributed by atoms with Crippen LogP contribution in [0.4, 0.5) is 0 Å². The van der Waals surface area contributed by atoms with E-state index in [0.29, 0.717) is 18.5 Å². The largest absolute Gasteiger partial charge is 0.508 e. The normalized spacial score (nSPS) is 16.9. The van der Waals surface area contributed by atoms with Gasteiger partial charge in [-0.25, -0.2) is 0 Å². The van der Waals surface area contributed by atoms with E-state index >= 15 is 0 Å². The van der Waals surface area contributed by atoms with E-state index < -0.39 is 54.8 Å². The second-order valence-electron chi connectivity index (χ2n) is 7.69. The molecule has 33 heavy (non-hydrogen) atoms. The van der Waals surface area contributed by atoms with Gasteiger partial charge >= 0.3 is 11.9 Å². The fraction of sp³-hybridized carbons (Fsp3) is 0.476. The molecule has 0 radical (unpaired) electrons. The van der Waals surface area contributed by atoms with Crippen LogP contribution in [0.15, 0.2) is 24.3 Å². The standard InChI is InChI=1S/C21H28N4O8/c26-13-5-3-12(4-6-13)10-16(25-20(32)14-2-1-9-22-14)21(33)24-15(7-8-17(27)28)19(31)23-11-18(29)30/h3-6,14-16,22,26H,1-2,7-11H2,(H,23,31)(H,24,33)(H,25,32)(H,27,28)(H,29,30). The molecule has 3 unspecified atom stereocenters. The van der Waals surface area contributed by atoms with E-state index in [1.165, 1.54) is 12.1 Å². The molecule has 12 heteroatoms. The summed E-state index contributed by atoms with van der Waals surface area (Å²) in [5, 5.41) is 37.4. The molecule has 0 aliphatic carbocycles. The molecule has 1 fully saturated rings. The van der Waals surface area contributed by atoms with Crippen LogP contribution < -0.4 is 21.3 Å². The first-order chi connectivity index (χ1) is 15.7. The van der Waals surface area contributed by atoms with Crippen molar-refractivity contribution in [3.05, 3.63) is 29.8 Å².